The molecule has 0 amide bonds. The first-order valence-electron chi connectivity index (χ1n) is 5.63. The van der Waals surface area contributed by atoms with Gasteiger partial charge in [0.05, 0.1) is 6.04 Å². The normalized spacial score (nSPS) is 20.1. The first-order valence-corrected chi connectivity index (χ1v) is 5.63. The molecule has 86 valence electrons. The molecule has 0 spiro atoms. The van der Waals surface area contributed by atoms with E-state index in [1.165, 1.54) is 24.0 Å². The Labute approximate surface area is 95.9 Å². The Morgan fingerprint density at radius 3 is 3.00 bits per heavy atom. The van der Waals surface area contributed by atoms with E-state index in [9.17, 15) is 0 Å². The van der Waals surface area contributed by atoms with Crippen LogP contribution in [0.4, 0.5) is 0 Å². The highest BCUT2D eigenvalue weighted by Gasteiger charge is 2.19. The number of aliphatic imine (C=N–C) groups is 1. The van der Waals surface area contributed by atoms with Gasteiger partial charge in [-0.3, -0.25) is 10.4 Å². The number of nitrogens with one attached hydrogen (secondary N) is 2. The summed E-state index contributed by atoms with van der Waals surface area (Å²) in [6.45, 7) is 0. The quantitative estimate of drug-likeness (QED) is 0.286. The van der Waals surface area contributed by atoms with Crippen molar-refractivity contribution in [1.82, 2.24) is 10.7 Å². The van der Waals surface area contributed by atoms with Crippen LogP contribution in [0.15, 0.2) is 29.3 Å². The van der Waals surface area contributed by atoms with E-state index in [0.717, 1.165) is 6.42 Å². The van der Waals surface area contributed by atoms with Crippen molar-refractivity contribution in [3.63, 3.8) is 0 Å². The predicted molar refractivity (Wildman–Crippen MR) is 65.9 cm³/mol. The molecule has 4 N–H and O–H groups in total. The van der Waals surface area contributed by atoms with Crippen molar-refractivity contribution in [2.75, 3.05) is 7.05 Å². The van der Waals surface area contributed by atoms with Gasteiger partial charge in [-0.1, -0.05) is 24.3 Å². The zero-order valence-electron chi connectivity index (χ0n) is 9.53. The number of aryl methyl sites for hydroxylation is 1. The third-order valence-electron chi connectivity index (χ3n) is 3.04. The topological polar surface area (TPSA) is 62.4 Å². The van der Waals surface area contributed by atoms with Crippen LogP contribution >= 0.6 is 0 Å². The SMILES string of the molecule is CN=C(NN)NC1CCCc2ccccc21. The maximum Gasteiger partial charge on any atom is 0.205 e. The van der Waals surface area contributed by atoms with E-state index in [2.05, 4.69) is 40.0 Å². The molecule has 0 aromatic heterocycles. The Balaban J connectivity index is 2.19. The van der Waals surface area contributed by atoms with Gasteiger partial charge in [-0.25, -0.2) is 5.84 Å². The Bertz CT molecular complexity index is 386. The van der Waals surface area contributed by atoms with Gasteiger partial charge in [0.15, 0.2) is 0 Å². The lowest BCUT2D eigenvalue weighted by Gasteiger charge is -2.27. The Hall–Kier alpha value is -1.55. The van der Waals surface area contributed by atoms with Crippen molar-refractivity contribution in [2.24, 2.45) is 10.8 Å². The van der Waals surface area contributed by atoms with Crippen molar-refractivity contribution >= 4 is 5.96 Å². The second kappa shape index (κ2) is 4.99. The van der Waals surface area contributed by atoms with Crippen molar-refractivity contribution < 1.29 is 0 Å². The van der Waals surface area contributed by atoms with E-state index in [4.69, 9.17) is 5.84 Å². The zero-order valence-corrected chi connectivity index (χ0v) is 9.53. The molecule has 0 aliphatic heterocycles. The lowest BCUT2D eigenvalue weighted by Crippen LogP contribution is -2.43. The number of guanidine groups is 1. The summed E-state index contributed by atoms with van der Waals surface area (Å²) in [5, 5.41) is 3.33. The standard InChI is InChI=1S/C12H18N4/c1-14-12(16-13)15-11-8-4-6-9-5-2-3-7-10(9)11/h2-3,5,7,11H,4,6,8,13H2,1H3,(H2,14,15,16). The molecule has 1 aliphatic rings. The van der Waals surface area contributed by atoms with E-state index in [0.29, 0.717) is 12.0 Å². The van der Waals surface area contributed by atoms with Crippen LogP contribution in [0.5, 0.6) is 0 Å². The fraction of sp³-hybridized carbons (Fsp3) is 0.417. The first kappa shape index (κ1) is 11.0. The van der Waals surface area contributed by atoms with Crippen LogP contribution in [0.3, 0.4) is 0 Å². The molecule has 0 heterocycles. The van der Waals surface area contributed by atoms with E-state index in [1.54, 1.807) is 7.05 Å². The summed E-state index contributed by atoms with van der Waals surface area (Å²) in [5.74, 6) is 6.02. The predicted octanol–water partition coefficient (Wildman–Crippen LogP) is 1.10. The summed E-state index contributed by atoms with van der Waals surface area (Å²) in [5.41, 5.74) is 5.36. The zero-order chi connectivity index (χ0) is 11.4. The summed E-state index contributed by atoms with van der Waals surface area (Å²) in [6.07, 6.45) is 3.50. The van der Waals surface area contributed by atoms with Crippen molar-refractivity contribution in [3.05, 3.63) is 35.4 Å². The van der Waals surface area contributed by atoms with Gasteiger partial charge in [-0.2, -0.15) is 0 Å². The smallest absolute Gasteiger partial charge is 0.205 e. The Morgan fingerprint density at radius 2 is 2.25 bits per heavy atom. The molecule has 16 heavy (non-hydrogen) atoms. The van der Waals surface area contributed by atoms with E-state index in [1.807, 2.05) is 0 Å². The Morgan fingerprint density at radius 1 is 1.44 bits per heavy atom. The summed E-state index contributed by atoms with van der Waals surface area (Å²) in [6, 6.07) is 8.87. The minimum absolute atomic E-state index is 0.319. The van der Waals surface area contributed by atoms with Gasteiger partial charge in [0.25, 0.3) is 0 Å². The average Bonchev–Trinajstić information content (AvgIpc) is 2.36. The van der Waals surface area contributed by atoms with Crippen LogP contribution in [-0.4, -0.2) is 13.0 Å². The summed E-state index contributed by atoms with van der Waals surface area (Å²) in [7, 11) is 1.72. The highest BCUT2D eigenvalue weighted by Crippen LogP contribution is 2.29. The van der Waals surface area contributed by atoms with Gasteiger partial charge in [0.2, 0.25) is 5.96 Å². The van der Waals surface area contributed by atoms with Gasteiger partial charge >= 0.3 is 0 Å². The lowest BCUT2D eigenvalue weighted by molar-refractivity contribution is 0.520. The molecule has 2 rings (SSSR count). The molecule has 0 saturated heterocycles. The lowest BCUT2D eigenvalue weighted by atomic mass is 9.88. The molecular weight excluding hydrogens is 200 g/mol. The summed E-state index contributed by atoms with van der Waals surface area (Å²) >= 11 is 0. The van der Waals surface area contributed by atoms with Crippen molar-refractivity contribution in [2.45, 2.75) is 25.3 Å². The summed E-state index contributed by atoms with van der Waals surface area (Å²) < 4.78 is 0. The van der Waals surface area contributed by atoms with Crippen LogP contribution < -0.4 is 16.6 Å². The highest BCUT2D eigenvalue weighted by atomic mass is 15.3. The molecule has 1 atom stereocenters. The minimum Gasteiger partial charge on any atom is -0.349 e. The molecule has 1 aliphatic carbocycles. The van der Waals surface area contributed by atoms with E-state index in [-0.39, 0.29) is 0 Å². The van der Waals surface area contributed by atoms with Gasteiger partial charge in [-0.15, -0.1) is 0 Å². The maximum absolute atomic E-state index is 5.38. The van der Waals surface area contributed by atoms with Gasteiger partial charge in [0, 0.05) is 7.05 Å². The minimum atomic E-state index is 0.319. The molecule has 0 saturated carbocycles. The number of nitrogens with zero attached hydrogens (tertiary/aromatic N) is 1. The third-order valence-corrected chi connectivity index (χ3v) is 3.04. The van der Waals surface area contributed by atoms with Gasteiger partial charge < -0.3 is 5.32 Å². The number of fused-ring (bicyclic) bond motifs is 1. The molecule has 4 heteroatoms. The van der Waals surface area contributed by atoms with Crippen LogP contribution in [0, 0.1) is 0 Å². The molecular formula is C12H18N4. The first-order chi connectivity index (χ1) is 7.85. The fourth-order valence-electron chi connectivity index (χ4n) is 2.24. The monoisotopic (exact) mass is 218 g/mol. The number of nitrogens with two attached hydrogens (primary N) is 1. The van der Waals surface area contributed by atoms with Crippen LogP contribution in [-0.2, 0) is 6.42 Å². The van der Waals surface area contributed by atoms with Crippen LogP contribution in [0.1, 0.15) is 30.0 Å². The van der Waals surface area contributed by atoms with Gasteiger partial charge in [0.1, 0.15) is 0 Å². The van der Waals surface area contributed by atoms with E-state index >= 15 is 0 Å². The van der Waals surface area contributed by atoms with Crippen LogP contribution in [0.2, 0.25) is 0 Å². The molecule has 1 aromatic rings. The number of hydrazine groups is 1. The molecule has 0 fully saturated rings. The average molecular weight is 218 g/mol. The largest absolute Gasteiger partial charge is 0.349 e. The number of rotatable bonds is 1. The van der Waals surface area contributed by atoms with Crippen LogP contribution in [0.25, 0.3) is 0 Å². The second-order valence-corrected chi connectivity index (χ2v) is 4.00. The molecule has 4 nitrogen and oxygen atoms in total. The maximum atomic E-state index is 5.38. The molecule has 0 radical (unpaired) electrons. The fourth-order valence-corrected chi connectivity index (χ4v) is 2.24. The molecule has 0 bridgehead atoms. The number of hydrogen-bond acceptors (Lipinski definition) is 2. The highest BCUT2D eigenvalue weighted by molar-refractivity contribution is 5.79. The number of hydrogen-bond donors (Lipinski definition) is 3. The van der Waals surface area contributed by atoms with E-state index < -0.39 is 0 Å². The van der Waals surface area contributed by atoms with Gasteiger partial charge in [-0.05, 0) is 30.4 Å². The summed E-state index contributed by atoms with van der Waals surface area (Å²) in [4.78, 5) is 4.04. The number of benzene rings is 1. The second-order valence-electron chi connectivity index (χ2n) is 4.00. The third kappa shape index (κ3) is 2.17. The molecule has 1 unspecified atom stereocenters. The van der Waals surface area contributed by atoms with Crippen molar-refractivity contribution in [3.8, 4) is 0 Å². The van der Waals surface area contributed by atoms with Crippen molar-refractivity contribution in [1.29, 1.82) is 0 Å². The molecule has 1 aromatic carbocycles. The Kier molecular flexibility index (Phi) is 3.41.